The highest BCUT2D eigenvalue weighted by Crippen LogP contribution is 2.37. The Labute approximate surface area is 204 Å². The molecule has 2 aromatic carbocycles. The summed E-state index contributed by atoms with van der Waals surface area (Å²) in [6.45, 7) is 2.70. The third-order valence-electron chi connectivity index (χ3n) is 6.17. The SMILES string of the molecule is COc1cc2c(cc1OC)C(=O)C(Cc1cc[n+](Cc3ccccc3C)cc1C(N)=O)C2.[Br-]. The van der Waals surface area contributed by atoms with Gasteiger partial charge in [-0.1, -0.05) is 24.3 Å². The summed E-state index contributed by atoms with van der Waals surface area (Å²) in [4.78, 5) is 25.3. The summed E-state index contributed by atoms with van der Waals surface area (Å²) >= 11 is 0. The Hall–Kier alpha value is -3.19. The van der Waals surface area contributed by atoms with Crippen molar-refractivity contribution in [2.24, 2.45) is 11.7 Å². The molecule has 0 spiro atoms. The molecule has 1 aliphatic carbocycles. The Morgan fingerprint density at radius 3 is 2.45 bits per heavy atom. The van der Waals surface area contributed by atoms with E-state index in [0.29, 0.717) is 42.0 Å². The topological polar surface area (TPSA) is 82.5 Å². The van der Waals surface area contributed by atoms with E-state index >= 15 is 0 Å². The van der Waals surface area contributed by atoms with Crippen molar-refractivity contribution < 1.29 is 40.6 Å². The van der Waals surface area contributed by atoms with Gasteiger partial charge in [0, 0.05) is 23.1 Å². The Balaban J connectivity index is 0.00000306. The first-order valence-corrected chi connectivity index (χ1v) is 10.6. The molecule has 172 valence electrons. The molecule has 0 fully saturated rings. The first kappa shape index (κ1) is 24.5. The summed E-state index contributed by atoms with van der Waals surface area (Å²) in [6.07, 6.45) is 4.75. The second-order valence-electron chi connectivity index (χ2n) is 8.18. The molecule has 1 amide bonds. The number of nitrogens with two attached hydrogens (primary N) is 1. The number of ketones is 1. The maximum absolute atomic E-state index is 13.1. The zero-order chi connectivity index (χ0) is 22.8. The fourth-order valence-corrected chi connectivity index (χ4v) is 4.38. The lowest BCUT2D eigenvalue weighted by molar-refractivity contribution is -0.688. The van der Waals surface area contributed by atoms with Gasteiger partial charge in [0.25, 0.3) is 5.91 Å². The van der Waals surface area contributed by atoms with E-state index in [-0.39, 0.29) is 28.7 Å². The molecule has 2 N–H and O–H groups in total. The molecular weight excluding hydrogens is 484 g/mol. The molecule has 1 aliphatic rings. The van der Waals surface area contributed by atoms with Crippen molar-refractivity contribution in [1.82, 2.24) is 0 Å². The predicted molar refractivity (Wildman–Crippen MR) is 120 cm³/mol. The van der Waals surface area contributed by atoms with Gasteiger partial charge in [0.2, 0.25) is 0 Å². The predicted octanol–water partition coefficient (Wildman–Crippen LogP) is 0.0486. The molecule has 4 rings (SSSR count). The minimum absolute atomic E-state index is 0. The van der Waals surface area contributed by atoms with Gasteiger partial charge < -0.3 is 32.2 Å². The molecule has 33 heavy (non-hydrogen) atoms. The summed E-state index contributed by atoms with van der Waals surface area (Å²) < 4.78 is 12.7. The van der Waals surface area contributed by atoms with Crippen molar-refractivity contribution >= 4 is 11.7 Å². The van der Waals surface area contributed by atoms with E-state index in [1.807, 2.05) is 35.0 Å². The largest absolute Gasteiger partial charge is 1.00 e. The third-order valence-corrected chi connectivity index (χ3v) is 6.17. The number of halogens is 1. The quantitative estimate of drug-likeness (QED) is 0.455. The van der Waals surface area contributed by atoms with Crippen molar-refractivity contribution in [1.29, 1.82) is 0 Å². The summed E-state index contributed by atoms with van der Waals surface area (Å²) in [5.41, 5.74) is 10.9. The Bertz CT molecular complexity index is 1210. The lowest BCUT2D eigenvalue weighted by Gasteiger charge is -2.11. The third kappa shape index (κ3) is 4.93. The Morgan fingerprint density at radius 1 is 1.09 bits per heavy atom. The lowest BCUT2D eigenvalue weighted by atomic mass is 9.93. The molecule has 0 radical (unpaired) electrons. The Morgan fingerprint density at radius 2 is 1.79 bits per heavy atom. The van der Waals surface area contributed by atoms with Crippen LogP contribution < -0.4 is 36.8 Å². The van der Waals surface area contributed by atoms with Gasteiger partial charge >= 0.3 is 0 Å². The maximum Gasteiger partial charge on any atom is 0.255 e. The number of carbonyl (C=O) groups is 2. The number of primary amides is 1. The molecule has 1 heterocycles. The molecule has 3 aromatic rings. The second-order valence-corrected chi connectivity index (χ2v) is 8.18. The van der Waals surface area contributed by atoms with Gasteiger partial charge in [-0.2, -0.15) is 4.57 Å². The average molecular weight is 511 g/mol. The lowest BCUT2D eigenvalue weighted by Crippen LogP contribution is -3.00. The number of fused-ring (bicyclic) bond motifs is 1. The number of amides is 1. The molecule has 1 unspecified atom stereocenters. The molecule has 0 aliphatic heterocycles. The summed E-state index contributed by atoms with van der Waals surface area (Å²) in [5.74, 6) is 0.440. The van der Waals surface area contributed by atoms with Crippen molar-refractivity contribution in [2.75, 3.05) is 14.2 Å². The van der Waals surface area contributed by atoms with Crippen molar-refractivity contribution in [3.05, 3.63) is 88.2 Å². The number of nitrogens with zero attached hydrogens (tertiary/aromatic N) is 1. The normalized spacial score (nSPS) is 14.4. The van der Waals surface area contributed by atoms with E-state index in [1.165, 1.54) is 11.1 Å². The number of methoxy groups -OCH3 is 2. The number of rotatable bonds is 7. The van der Waals surface area contributed by atoms with Gasteiger partial charge in [0.15, 0.2) is 36.2 Å². The molecular formula is C26H27BrN2O4. The summed E-state index contributed by atoms with van der Waals surface area (Å²) in [5, 5.41) is 0. The van der Waals surface area contributed by atoms with Gasteiger partial charge in [-0.05, 0) is 48.6 Å². The molecule has 6 nitrogen and oxygen atoms in total. The number of hydrogen-bond acceptors (Lipinski definition) is 4. The van der Waals surface area contributed by atoms with Gasteiger partial charge in [-0.3, -0.25) is 9.59 Å². The van der Waals surface area contributed by atoms with Crippen LogP contribution in [-0.4, -0.2) is 25.9 Å². The van der Waals surface area contributed by atoms with Crippen LogP contribution in [0.15, 0.2) is 54.9 Å². The minimum Gasteiger partial charge on any atom is -1.00 e. The molecule has 7 heteroatoms. The van der Waals surface area contributed by atoms with E-state index < -0.39 is 5.91 Å². The number of hydrogen-bond donors (Lipinski definition) is 1. The van der Waals surface area contributed by atoms with E-state index in [0.717, 1.165) is 11.1 Å². The van der Waals surface area contributed by atoms with Crippen molar-refractivity contribution in [3.63, 3.8) is 0 Å². The smallest absolute Gasteiger partial charge is 0.255 e. The molecule has 1 aromatic heterocycles. The number of pyridine rings is 1. The summed E-state index contributed by atoms with van der Waals surface area (Å²) in [7, 11) is 3.13. The van der Waals surface area contributed by atoms with Crippen LogP contribution in [0.2, 0.25) is 0 Å². The highest BCUT2D eigenvalue weighted by Gasteiger charge is 2.33. The highest BCUT2D eigenvalue weighted by atomic mass is 79.9. The van der Waals surface area contributed by atoms with Crippen molar-refractivity contribution in [3.8, 4) is 11.5 Å². The standard InChI is InChI=1S/C26H26N2O4.BrH/c1-16-6-4-5-7-18(16)14-28-9-8-17(22(15-28)26(27)30)10-20-11-19-12-23(31-2)24(32-3)13-21(19)25(20)29;/h4-9,12-13,15,20H,10-11,14H2,1-3H3,(H-,27,30);1H. The van der Waals surface area contributed by atoms with E-state index in [9.17, 15) is 9.59 Å². The number of carbonyl (C=O) groups excluding carboxylic acids is 2. The van der Waals surface area contributed by atoms with Gasteiger partial charge in [-0.25, -0.2) is 0 Å². The fraction of sp³-hybridized carbons (Fsp3) is 0.269. The summed E-state index contributed by atoms with van der Waals surface area (Å²) in [6, 6.07) is 13.6. The van der Waals surface area contributed by atoms with E-state index in [2.05, 4.69) is 19.1 Å². The number of aryl methyl sites for hydroxylation is 1. The first-order valence-electron chi connectivity index (χ1n) is 10.6. The minimum atomic E-state index is -0.495. The van der Waals surface area contributed by atoms with Crippen LogP contribution in [-0.2, 0) is 19.4 Å². The van der Waals surface area contributed by atoms with Crippen LogP contribution in [0.4, 0.5) is 0 Å². The van der Waals surface area contributed by atoms with Gasteiger partial charge in [0.1, 0.15) is 5.56 Å². The van der Waals surface area contributed by atoms with Crippen LogP contribution in [0.1, 0.15) is 43.0 Å². The Kier molecular flexibility index (Phi) is 7.53. The van der Waals surface area contributed by atoms with Crippen LogP contribution in [0.3, 0.4) is 0 Å². The van der Waals surface area contributed by atoms with E-state index in [4.69, 9.17) is 15.2 Å². The highest BCUT2D eigenvalue weighted by molar-refractivity contribution is 6.03. The first-order chi connectivity index (χ1) is 15.4. The van der Waals surface area contributed by atoms with Gasteiger partial charge in [-0.15, -0.1) is 0 Å². The number of benzene rings is 2. The molecule has 0 saturated carbocycles. The maximum atomic E-state index is 13.1. The fourth-order valence-electron chi connectivity index (χ4n) is 4.38. The molecule has 0 saturated heterocycles. The van der Waals surface area contributed by atoms with Crippen LogP contribution in [0, 0.1) is 12.8 Å². The van der Waals surface area contributed by atoms with Crippen LogP contribution in [0.25, 0.3) is 0 Å². The van der Waals surface area contributed by atoms with Crippen molar-refractivity contribution in [2.45, 2.75) is 26.3 Å². The average Bonchev–Trinajstić information content (AvgIpc) is 3.09. The number of Topliss-reactive ketones (excluding diaryl/α,β-unsaturated/α-hetero) is 1. The molecule has 1 atom stereocenters. The van der Waals surface area contributed by atoms with Crippen LogP contribution in [0.5, 0.6) is 11.5 Å². The van der Waals surface area contributed by atoms with Crippen LogP contribution >= 0.6 is 0 Å². The zero-order valence-corrected chi connectivity index (χ0v) is 20.5. The van der Waals surface area contributed by atoms with E-state index in [1.54, 1.807) is 26.5 Å². The number of ether oxygens (including phenoxy) is 2. The zero-order valence-electron chi connectivity index (χ0n) is 18.9. The molecule has 0 bridgehead atoms. The monoisotopic (exact) mass is 510 g/mol. The number of aromatic nitrogens is 1. The second kappa shape index (κ2) is 10.2. The van der Waals surface area contributed by atoms with Gasteiger partial charge in [0.05, 0.1) is 14.2 Å².